The Morgan fingerprint density at radius 3 is 2.93 bits per heavy atom. The van der Waals surface area contributed by atoms with Crippen molar-refractivity contribution in [1.29, 1.82) is 5.26 Å². The Kier molecular flexibility index (Phi) is 4.20. The second-order valence-corrected chi connectivity index (χ2v) is 7.74. The van der Waals surface area contributed by atoms with Gasteiger partial charge < -0.3 is 15.0 Å². The summed E-state index contributed by atoms with van der Waals surface area (Å²) in [5.74, 6) is -0.355. The number of aromatic nitrogens is 2. The van der Waals surface area contributed by atoms with Crippen molar-refractivity contribution in [3.8, 4) is 17.3 Å². The number of ether oxygens (including phenoxy) is 1. The van der Waals surface area contributed by atoms with Crippen molar-refractivity contribution in [2.24, 2.45) is 0 Å². The highest BCUT2D eigenvalue weighted by Crippen LogP contribution is 2.34. The number of piperidine rings is 1. The Morgan fingerprint density at radius 1 is 1.39 bits per heavy atom. The molecule has 2 fully saturated rings. The third-order valence-electron chi connectivity index (χ3n) is 5.23. The molecule has 1 atom stereocenters. The van der Waals surface area contributed by atoms with Crippen LogP contribution in [0.1, 0.15) is 42.6 Å². The molecule has 2 N–H and O–H groups in total. The normalized spacial score (nSPS) is 23.5. The number of likely N-dealkylation sites (tertiary alicyclic amines) is 1. The van der Waals surface area contributed by atoms with Crippen molar-refractivity contribution < 1.29 is 14.3 Å². The molecule has 4 rings (SSSR count). The topological polar surface area (TPSA) is 111 Å². The SMILES string of the molecule is CC1(C)OC2(CCCN(C(=O)c3cn[nH]c3-c3cccc(C#N)c3)C2)NC1=O. The van der Waals surface area contributed by atoms with Crippen LogP contribution in [0, 0.1) is 11.3 Å². The first kappa shape index (κ1) is 18.2. The molecule has 8 heteroatoms. The molecule has 0 bridgehead atoms. The van der Waals surface area contributed by atoms with Crippen LogP contribution >= 0.6 is 0 Å². The number of carbonyl (C=O) groups excluding carboxylic acids is 2. The highest BCUT2D eigenvalue weighted by atomic mass is 16.6. The smallest absolute Gasteiger partial charge is 0.257 e. The van der Waals surface area contributed by atoms with Crippen molar-refractivity contribution >= 4 is 11.8 Å². The van der Waals surface area contributed by atoms with E-state index in [1.165, 1.54) is 6.20 Å². The standard InChI is InChI=1S/C20H21N5O3/c1-19(2)18(27)23-20(28-19)7-4-8-25(12-20)17(26)15-11-22-24-16(15)14-6-3-5-13(9-14)10-21/h3,5-6,9,11H,4,7-8,12H2,1-2H3,(H,22,24)(H,23,27). The van der Waals surface area contributed by atoms with Crippen LogP contribution in [-0.2, 0) is 9.53 Å². The van der Waals surface area contributed by atoms with Gasteiger partial charge in [0, 0.05) is 12.1 Å². The lowest BCUT2D eigenvalue weighted by molar-refractivity contribution is -0.138. The lowest BCUT2D eigenvalue weighted by atomic mass is 10.00. The predicted octanol–water partition coefficient (Wildman–Crippen LogP) is 1.81. The van der Waals surface area contributed by atoms with E-state index in [-0.39, 0.29) is 18.4 Å². The van der Waals surface area contributed by atoms with Crippen LogP contribution in [0.25, 0.3) is 11.3 Å². The summed E-state index contributed by atoms with van der Waals surface area (Å²) in [5.41, 5.74) is 0.461. The number of amides is 2. The minimum atomic E-state index is -0.912. The van der Waals surface area contributed by atoms with Gasteiger partial charge in [-0.3, -0.25) is 14.7 Å². The molecule has 2 aliphatic rings. The molecule has 1 spiro atoms. The molecule has 144 valence electrons. The number of aromatic amines is 1. The van der Waals surface area contributed by atoms with E-state index in [1.807, 2.05) is 6.07 Å². The minimum absolute atomic E-state index is 0.167. The minimum Gasteiger partial charge on any atom is -0.338 e. The number of nitriles is 1. The fraction of sp³-hybridized carbons (Fsp3) is 0.400. The Bertz CT molecular complexity index is 990. The highest BCUT2D eigenvalue weighted by Gasteiger charge is 2.52. The number of nitrogens with zero attached hydrogens (tertiary/aromatic N) is 3. The second kappa shape index (κ2) is 6.46. The molecular weight excluding hydrogens is 358 g/mol. The van der Waals surface area contributed by atoms with E-state index in [0.29, 0.717) is 29.8 Å². The van der Waals surface area contributed by atoms with E-state index < -0.39 is 11.3 Å². The van der Waals surface area contributed by atoms with Gasteiger partial charge in [0.1, 0.15) is 5.60 Å². The van der Waals surface area contributed by atoms with Crippen LogP contribution in [0.15, 0.2) is 30.5 Å². The molecule has 0 aliphatic carbocycles. The molecule has 1 aromatic heterocycles. The summed E-state index contributed by atoms with van der Waals surface area (Å²) in [5, 5.41) is 19.0. The lowest BCUT2D eigenvalue weighted by Crippen LogP contribution is -2.56. The Labute approximate surface area is 162 Å². The van der Waals surface area contributed by atoms with E-state index in [4.69, 9.17) is 10.00 Å². The van der Waals surface area contributed by atoms with Gasteiger partial charge >= 0.3 is 0 Å². The van der Waals surface area contributed by atoms with Crippen molar-refractivity contribution in [2.75, 3.05) is 13.1 Å². The average molecular weight is 379 g/mol. The van der Waals surface area contributed by atoms with E-state index in [9.17, 15) is 9.59 Å². The Morgan fingerprint density at radius 2 is 2.21 bits per heavy atom. The number of nitrogens with one attached hydrogen (secondary N) is 2. The van der Waals surface area contributed by atoms with Crippen LogP contribution in [0.5, 0.6) is 0 Å². The number of rotatable bonds is 2. The zero-order chi connectivity index (χ0) is 19.9. The van der Waals surface area contributed by atoms with Gasteiger partial charge in [0.15, 0.2) is 5.72 Å². The summed E-state index contributed by atoms with van der Waals surface area (Å²) in [6.45, 7) is 4.31. The number of benzene rings is 1. The maximum atomic E-state index is 13.2. The third kappa shape index (κ3) is 3.04. The molecule has 1 unspecified atom stereocenters. The Hall–Kier alpha value is -3.18. The van der Waals surface area contributed by atoms with Crippen molar-refractivity contribution in [3.63, 3.8) is 0 Å². The van der Waals surface area contributed by atoms with E-state index >= 15 is 0 Å². The quantitative estimate of drug-likeness (QED) is 0.827. The van der Waals surface area contributed by atoms with Crippen molar-refractivity contribution in [2.45, 2.75) is 38.0 Å². The maximum absolute atomic E-state index is 13.2. The van der Waals surface area contributed by atoms with Gasteiger partial charge in [-0.1, -0.05) is 12.1 Å². The van der Waals surface area contributed by atoms with E-state index in [1.54, 1.807) is 36.9 Å². The molecule has 2 aromatic rings. The second-order valence-electron chi connectivity index (χ2n) is 7.74. The van der Waals surface area contributed by atoms with Crippen LogP contribution in [-0.4, -0.2) is 51.3 Å². The summed E-state index contributed by atoms with van der Waals surface area (Å²) in [4.78, 5) is 27.1. The van der Waals surface area contributed by atoms with Gasteiger partial charge in [0.2, 0.25) is 0 Å². The van der Waals surface area contributed by atoms with Gasteiger partial charge in [-0.2, -0.15) is 10.4 Å². The molecule has 28 heavy (non-hydrogen) atoms. The van der Waals surface area contributed by atoms with Crippen molar-refractivity contribution in [1.82, 2.24) is 20.4 Å². The fourth-order valence-corrected chi connectivity index (χ4v) is 3.88. The van der Waals surface area contributed by atoms with Gasteiger partial charge in [0.25, 0.3) is 11.8 Å². The first-order chi connectivity index (χ1) is 13.3. The Balaban J connectivity index is 1.60. The van der Waals surface area contributed by atoms with Crippen LogP contribution < -0.4 is 5.32 Å². The largest absolute Gasteiger partial charge is 0.338 e. The number of hydrogen-bond donors (Lipinski definition) is 2. The van der Waals surface area contributed by atoms with Crippen LogP contribution in [0.3, 0.4) is 0 Å². The number of hydrogen-bond acceptors (Lipinski definition) is 5. The summed E-state index contributed by atoms with van der Waals surface area (Å²) in [7, 11) is 0. The summed E-state index contributed by atoms with van der Waals surface area (Å²) < 4.78 is 6.02. The molecule has 8 nitrogen and oxygen atoms in total. The third-order valence-corrected chi connectivity index (χ3v) is 5.23. The maximum Gasteiger partial charge on any atom is 0.257 e. The molecule has 0 saturated carbocycles. The molecular formula is C20H21N5O3. The molecule has 2 amide bonds. The zero-order valence-electron chi connectivity index (χ0n) is 15.8. The van der Waals surface area contributed by atoms with E-state index in [2.05, 4.69) is 21.6 Å². The van der Waals surface area contributed by atoms with Gasteiger partial charge in [0.05, 0.1) is 35.6 Å². The van der Waals surface area contributed by atoms with E-state index in [0.717, 1.165) is 12.0 Å². The van der Waals surface area contributed by atoms with Gasteiger partial charge in [-0.25, -0.2) is 0 Å². The van der Waals surface area contributed by atoms with Gasteiger partial charge in [-0.15, -0.1) is 0 Å². The van der Waals surface area contributed by atoms with Crippen LogP contribution in [0.2, 0.25) is 0 Å². The zero-order valence-corrected chi connectivity index (χ0v) is 15.8. The first-order valence-electron chi connectivity index (χ1n) is 9.20. The van der Waals surface area contributed by atoms with Crippen molar-refractivity contribution in [3.05, 3.63) is 41.6 Å². The number of H-pyrrole nitrogens is 1. The van der Waals surface area contributed by atoms with Crippen LogP contribution in [0.4, 0.5) is 0 Å². The summed E-state index contributed by atoms with van der Waals surface area (Å²) in [6.07, 6.45) is 2.88. The fourth-order valence-electron chi connectivity index (χ4n) is 3.88. The predicted molar refractivity (Wildman–Crippen MR) is 99.9 cm³/mol. The molecule has 2 saturated heterocycles. The highest BCUT2D eigenvalue weighted by molar-refractivity contribution is 6.00. The average Bonchev–Trinajstić information content (AvgIpc) is 3.24. The molecule has 2 aliphatic heterocycles. The number of carbonyl (C=O) groups is 2. The summed E-state index contributed by atoms with van der Waals surface area (Å²) >= 11 is 0. The monoisotopic (exact) mass is 379 g/mol. The molecule has 1 aromatic carbocycles. The lowest BCUT2D eigenvalue weighted by Gasteiger charge is -2.40. The van der Waals surface area contributed by atoms with Gasteiger partial charge in [-0.05, 0) is 38.8 Å². The summed E-state index contributed by atoms with van der Waals surface area (Å²) in [6, 6.07) is 9.11. The first-order valence-corrected chi connectivity index (χ1v) is 9.20. The molecule has 0 radical (unpaired) electrons. The molecule has 3 heterocycles.